The maximum Gasteiger partial charge on any atom is 0.180 e. The highest BCUT2D eigenvalue weighted by Crippen LogP contribution is 2.27. The van der Waals surface area contributed by atoms with Crippen molar-refractivity contribution in [1.82, 2.24) is 14.4 Å². The standard InChI is InChI=1S/C18H20N4O2/c1-13-11-22-12-16(14-4-3-5-15(10-14)23-2)20-18(17(22)19-13)21-6-8-24-9-7-21/h3-5,10-12H,6-9H2,1-2H3. The lowest BCUT2D eigenvalue weighted by atomic mass is 10.1. The number of hydrogen-bond donors (Lipinski definition) is 0. The fourth-order valence-electron chi connectivity index (χ4n) is 3.01. The molecule has 0 saturated carbocycles. The number of nitrogens with zero attached hydrogens (tertiary/aromatic N) is 4. The van der Waals surface area contributed by atoms with Crippen LogP contribution >= 0.6 is 0 Å². The van der Waals surface area contributed by atoms with Crippen molar-refractivity contribution in [3.05, 3.63) is 42.4 Å². The molecule has 1 saturated heterocycles. The van der Waals surface area contributed by atoms with Crippen LogP contribution < -0.4 is 9.64 Å². The summed E-state index contributed by atoms with van der Waals surface area (Å²) in [6.07, 6.45) is 4.05. The van der Waals surface area contributed by atoms with Gasteiger partial charge >= 0.3 is 0 Å². The molecule has 3 heterocycles. The van der Waals surface area contributed by atoms with Gasteiger partial charge in [0.2, 0.25) is 0 Å². The summed E-state index contributed by atoms with van der Waals surface area (Å²) in [7, 11) is 1.67. The fourth-order valence-corrected chi connectivity index (χ4v) is 3.01. The third-order valence-corrected chi connectivity index (χ3v) is 4.22. The molecule has 124 valence electrons. The summed E-state index contributed by atoms with van der Waals surface area (Å²) in [6.45, 7) is 5.10. The monoisotopic (exact) mass is 324 g/mol. The van der Waals surface area contributed by atoms with Crippen molar-refractivity contribution in [3.63, 3.8) is 0 Å². The molecule has 1 fully saturated rings. The highest BCUT2D eigenvalue weighted by atomic mass is 16.5. The lowest BCUT2D eigenvalue weighted by Gasteiger charge is -2.28. The van der Waals surface area contributed by atoms with Crippen LogP contribution in [0.1, 0.15) is 5.69 Å². The van der Waals surface area contributed by atoms with E-state index in [0.717, 1.165) is 60.5 Å². The predicted molar refractivity (Wildman–Crippen MR) is 92.7 cm³/mol. The number of aromatic nitrogens is 3. The number of benzene rings is 1. The maximum absolute atomic E-state index is 5.47. The van der Waals surface area contributed by atoms with E-state index in [0.29, 0.717) is 0 Å². The number of aryl methyl sites for hydroxylation is 1. The first-order chi connectivity index (χ1) is 11.7. The van der Waals surface area contributed by atoms with Crippen molar-refractivity contribution in [2.24, 2.45) is 0 Å². The first kappa shape index (κ1) is 15.0. The molecule has 6 nitrogen and oxygen atoms in total. The zero-order chi connectivity index (χ0) is 16.5. The summed E-state index contributed by atoms with van der Waals surface area (Å²) in [5.74, 6) is 1.73. The quantitative estimate of drug-likeness (QED) is 0.741. The van der Waals surface area contributed by atoms with Gasteiger partial charge in [0, 0.05) is 31.0 Å². The van der Waals surface area contributed by atoms with Gasteiger partial charge in [-0.15, -0.1) is 0 Å². The highest BCUT2D eigenvalue weighted by molar-refractivity contribution is 5.71. The summed E-state index contributed by atoms with van der Waals surface area (Å²) in [6, 6.07) is 7.96. The number of rotatable bonds is 3. The normalized spacial score (nSPS) is 15.0. The third kappa shape index (κ3) is 2.69. The molecule has 0 atom stereocenters. The second kappa shape index (κ2) is 6.13. The topological polar surface area (TPSA) is 51.9 Å². The highest BCUT2D eigenvalue weighted by Gasteiger charge is 2.19. The Hall–Kier alpha value is -2.60. The smallest absolute Gasteiger partial charge is 0.180 e. The van der Waals surface area contributed by atoms with E-state index >= 15 is 0 Å². The van der Waals surface area contributed by atoms with Crippen molar-refractivity contribution in [2.45, 2.75) is 6.92 Å². The van der Waals surface area contributed by atoms with Gasteiger partial charge < -0.3 is 18.8 Å². The van der Waals surface area contributed by atoms with E-state index in [4.69, 9.17) is 14.5 Å². The molecule has 0 spiro atoms. The minimum Gasteiger partial charge on any atom is -0.497 e. The SMILES string of the molecule is COc1cccc(-c2cn3cc(C)nc3c(N3CCOCC3)n2)c1. The van der Waals surface area contributed by atoms with Gasteiger partial charge in [0.1, 0.15) is 5.75 Å². The van der Waals surface area contributed by atoms with Crippen molar-refractivity contribution in [3.8, 4) is 17.0 Å². The van der Waals surface area contributed by atoms with E-state index in [9.17, 15) is 0 Å². The van der Waals surface area contributed by atoms with Gasteiger partial charge in [0.25, 0.3) is 0 Å². The number of morpholine rings is 1. The number of ether oxygens (including phenoxy) is 2. The van der Waals surface area contributed by atoms with Crippen LogP contribution in [0.4, 0.5) is 5.82 Å². The van der Waals surface area contributed by atoms with E-state index < -0.39 is 0 Å². The van der Waals surface area contributed by atoms with Gasteiger partial charge in [-0.2, -0.15) is 0 Å². The molecule has 0 unspecified atom stereocenters. The van der Waals surface area contributed by atoms with Crippen LogP contribution in [-0.4, -0.2) is 47.8 Å². The van der Waals surface area contributed by atoms with Gasteiger partial charge in [0.15, 0.2) is 11.5 Å². The summed E-state index contributed by atoms with van der Waals surface area (Å²) in [4.78, 5) is 11.8. The van der Waals surface area contributed by atoms with E-state index in [1.165, 1.54) is 0 Å². The summed E-state index contributed by atoms with van der Waals surface area (Å²) >= 11 is 0. The molecule has 0 amide bonds. The molecule has 1 aliphatic rings. The lowest BCUT2D eigenvalue weighted by Crippen LogP contribution is -2.37. The van der Waals surface area contributed by atoms with Crippen molar-refractivity contribution in [2.75, 3.05) is 38.3 Å². The number of methoxy groups -OCH3 is 1. The van der Waals surface area contributed by atoms with Crippen LogP contribution in [0.5, 0.6) is 5.75 Å². The van der Waals surface area contributed by atoms with Gasteiger partial charge in [0.05, 0.1) is 31.7 Å². The minimum atomic E-state index is 0.719. The molecule has 0 N–H and O–H groups in total. The Balaban J connectivity index is 1.86. The predicted octanol–water partition coefficient (Wildman–Crippen LogP) is 2.55. The largest absolute Gasteiger partial charge is 0.497 e. The Kier molecular flexibility index (Phi) is 3.82. The molecule has 0 aliphatic carbocycles. The summed E-state index contributed by atoms with van der Waals surface area (Å²) in [5.41, 5.74) is 3.80. The maximum atomic E-state index is 5.47. The van der Waals surface area contributed by atoms with Gasteiger partial charge in [-0.1, -0.05) is 12.1 Å². The Morgan fingerprint density at radius 1 is 1.12 bits per heavy atom. The van der Waals surface area contributed by atoms with Gasteiger partial charge in [-0.05, 0) is 19.1 Å². The second-order valence-electron chi connectivity index (χ2n) is 5.89. The molecule has 24 heavy (non-hydrogen) atoms. The Morgan fingerprint density at radius 2 is 1.96 bits per heavy atom. The zero-order valence-corrected chi connectivity index (χ0v) is 13.9. The molecule has 1 aliphatic heterocycles. The average Bonchev–Trinajstić information content (AvgIpc) is 3.01. The first-order valence-corrected chi connectivity index (χ1v) is 8.08. The van der Waals surface area contributed by atoms with Crippen LogP contribution in [0.25, 0.3) is 16.9 Å². The third-order valence-electron chi connectivity index (χ3n) is 4.22. The molecular weight excluding hydrogens is 304 g/mol. The van der Waals surface area contributed by atoms with Crippen LogP contribution in [0.3, 0.4) is 0 Å². The molecule has 4 rings (SSSR count). The lowest BCUT2D eigenvalue weighted by molar-refractivity contribution is 0.122. The number of hydrogen-bond acceptors (Lipinski definition) is 5. The molecule has 0 bridgehead atoms. The van der Waals surface area contributed by atoms with Crippen LogP contribution in [0, 0.1) is 6.92 Å². The Bertz CT molecular complexity index is 869. The first-order valence-electron chi connectivity index (χ1n) is 8.08. The van der Waals surface area contributed by atoms with Crippen molar-refractivity contribution < 1.29 is 9.47 Å². The van der Waals surface area contributed by atoms with Crippen molar-refractivity contribution >= 4 is 11.5 Å². The Labute approximate surface area is 140 Å². The Morgan fingerprint density at radius 3 is 2.75 bits per heavy atom. The van der Waals surface area contributed by atoms with Crippen LogP contribution in [0.2, 0.25) is 0 Å². The molecule has 1 aromatic carbocycles. The zero-order valence-electron chi connectivity index (χ0n) is 13.9. The molecule has 3 aromatic rings. The summed E-state index contributed by atoms with van der Waals surface area (Å²) in [5, 5.41) is 0. The van der Waals surface area contributed by atoms with E-state index in [1.807, 2.05) is 43.6 Å². The van der Waals surface area contributed by atoms with Crippen LogP contribution in [-0.2, 0) is 4.74 Å². The molecule has 2 aromatic heterocycles. The van der Waals surface area contributed by atoms with Crippen molar-refractivity contribution in [1.29, 1.82) is 0 Å². The van der Waals surface area contributed by atoms with Gasteiger partial charge in [-0.3, -0.25) is 0 Å². The molecular formula is C18H20N4O2. The van der Waals surface area contributed by atoms with E-state index in [1.54, 1.807) is 7.11 Å². The number of fused-ring (bicyclic) bond motifs is 1. The van der Waals surface area contributed by atoms with Crippen LogP contribution in [0.15, 0.2) is 36.7 Å². The molecule has 0 radical (unpaired) electrons. The number of imidazole rings is 1. The second-order valence-corrected chi connectivity index (χ2v) is 5.89. The molecule has 6 heteroatoms. The number of anilines is 1. The van der Waals surface area contributed by atoms with E-state index in [-0.39, 0.29) is 0 Å². The summed E-state index contributed by atoms with van der Waals surface area (Å²) < 4.78 is 12.9. The van der Waals surface area contributed by atoms with E-state index in [2.05, 4.69) is 14.3 Å². The average molecular weight is 324 g/mol. The minimum absolute atomic E-state index is 0.719. The van der Waals surface area contributed by atoms with Gasteiger partial charge in [-0.25, -0.2) is 9.97 Å². The fraction of sp³-hybridized carbons (Fsp3) is 0.333.